The monoisotopic (exact) mass is 516 g/mol. The van der Waals surface area contributed by atoms with Gasteiger partial charge < -0.3 is 19.8 Å². The average molecular weight is 517 g/mol. The van der Waals surface area contributed by atoms with Crippen LogP contribution in [-0.2, 0) is 9.84 Å². The third kappa shape index (κ3) is 5.31. The molecule has 0 radical (unpaired) electrons. The molecule has 0 spiro atoms. The van der Waals surface area contributed by atoms with Crippen molar-refractivity contribution in [2.75, 3.05) is 30.9 Å². The summed E-state index contributed by atoms with van der Waals surface area (Å²) < 4.78 is 12.1. The summed E-state index contributed by atoms with van der Waals surface area (Å²) in [5.41, 5.74) is 5.48. The van der Waals surface area contributed by atoms with Crippen molar-refractivity contribution in [1.29, 1.82) is 5.26 Å². The Hall–Kier alpha value is -3.48. The molecule has 194 valence electrons. The Labute approximate surface area is 220 Å². The molecular formula is C28H36N6O2Si. The SMILES string of the molecule is COc1cnc(C)cc1Nc1nccc(-c2cc(C#N)c3c(c2)[C@@](C)(CO[Si](C)(C)C(C)(C)C)CN3)n1. The third-order valence-corrected chi connectivity index (χ3v) is 12.0. The molecule has 1 aliphatic rings. The number of hydrogen-bond acceptors (Lipinski definition) is 8. The van der Waals surface area contributed by atoms with Crippen LogP contribution in [0.15, 0.2) is 36.7 Å². The first-order chi connectivity index (χ1) is 17.4. The highest BCUT2D eigenvalue weighted by atomic mass is 28.4. The number of nitriles is 1. The van der Waals surface area contributed by atoms with E-state index in [-0.39, 0.29) is 10.5 Å². The lowest BCUT2D eigenvalue weighted by Gasteiger charge is -2.39. The lowest BCUT2D eigenvalue weighted by molar-refractivity contribution is 0.220. The van der Waals surface area contributed by atoms with Crippen molar-refractivity contribution >= 4 is 25.6 Å². The molecule has 0 aliphatic carbocycles. The molecule has 0 amide bonds. The summed E-state index contributed by atoms with van der Waals surface area (Å²) in [6, 6.07) is 10.1. The number of methoxy groups -OCH3 is 1. The van der Waals surface area contributed by atoms with Crippen LogP contribution in [0.25, 0.3) is 11.3 Å². The first kappa shape index (κ1) is 26.6. The van der Waals surface area contributed by atoms with Crippen LogP contribution in [0.2, 0.25) is 18.1 Å². The number of rotatable bonds is 7. The van der Waals surface area contributed by atoms with E-state index in [1.54, 1.807) is 19.5 Å². The van der Waals surface area contributed by atoms with E-state index in [4.69, 9.17) is 14.1 Å². The molecule has 0 fully saturated rings. The fourth-order valence-corrected chi connectivity index (χ4v) is 5.23. The van der Waals surface area contributed by atoms with Crippen molar-refractivity contribution in [1.82, 2.24) is 15.0 Å². The molecule has 1 aliphatic heterocycles. The maximum absolute atomic E-state index is 9.96. The molecule has 0 saturated carbocycles. The highest BCUT2D eigenvalue weighted by Gasteiger charge is 2.42. The molecule has 2 aromatic heterocycles. The van der Waals surface area contributed by atoms with E-state index in [0.717, 1.165) is 33.9 Å². The van der Waals surface area contributed by atoms with E-state index < -0.39 is 8.32 Å². The molecule has 1 aromatic carbocycles. The van der Waals surface area contributed by atoms with Gasteiger partial charge in [0, 0.05) is 36.0 Å². The molecular weight excluding hydrogens is 480 g/mol. The van der Waals surface area contributed by atoms with Crippen LogP contribution in [0.1, 0.15) is 44.5 Å². The van der Waals surface area contributed by atoms with Crippen molar-refractivity contribution < 1.29 is 9.16 Å². The van der Waals surface area contributed by atoms with Crippen LogP contribution in [0, 0.1) is 18.3 Å². The first-order valence-electron chi connectivity index (χ1n) is 12.4. The van der Waals surface area contributed by atoms with Gasteiger partial charge in [0.25, 0.3) is 0 Å². The number of ether oxygens (including phenoxy) is 1. The molecule has 0 saturated heterocycles. The molecule has 9 heteroatoms. The Morgan fingerprint density at radius 3 is 2.65 bits per heavy atom. The molecule has 0 bridgehead atoms. The Balaban J connectivity index is 1.68. The lowest BCUT2D eigenvalue weighted by atomic mass is 9.83. The summed E-state index contributed by atoms with van der Waals surface area (Å²) in [6.07, 6.45) is 3.38. The van der Waals surface area contributed by atoms with Crippen molar-refractivity contribution in [3.63, 3.8) is 0 Å². The zero-order chi connectivity index (χ0) is 27.0. The summed E-state index contributed by atoms with van der Waals surface area (Å²) in [6.45, 7) is 16.7. The molecule has 2 N–H and O–H groups in total. The number of anilines is 3. The average Bonchev–Trinajstić information content (AvgIpc) is 3.19. The summed E-state index contributed by atoms with van der Waals surface area (Å²) in [5.74, 6) is 1.04. The summed E-state index contributed by atoms with van der Waals surface area (Å²) in [4.78, 5) is 13.4. The van der Waals surface area contributed by atoms with Crippen LogP contribution < -0.4 is 15.4 Å². The van der Waals surface area contributed by atoms with Gasteiger partial charge in [-0.15, -0.1) is 0 Å². The van der Waals surface area contributed by atoms with Crippen LogP contribution in [0.3, 0.4) is 0 Å². The van der Waals surface area contributed by atoms with Gasteiger partial charge in [-0.3, -0.25) is 4.98 Å². The fourth-order valence-electron chi connectivity index (χ4n) is 4.12. The molecule has 37 heavy (non-hydrogen) atoms. The number of benzene rings is 1. The minimum absolute atomic E-state index is 0.123. The Morgan fingerprint density at radius 2 is 1.97 bits per heavy atom. The van der Waals surface area contributed by atoms with Crippen LogP contribution in [-0.4, -0.2) is 43.5 Å². The number of nitrogens with zero attached hydrogens (tertiary/aromatic N) is 4. The molecule has 3 heterocycles. The minimum atomic E-state index is -1.93. The van der Waals surface area contributed by atoms with E-state index in [9.17, 15) is 5.26 Å². The number of aromatic nitrogens is 3. The largest absolute Gasteiger partial charge is 0.493 e. The van der Waals surface area contributed by atoms with E-state index >= 15 is 0 Å². The maximum atomic E-state index is 9.96. The fraction of sp³-hybridized carbons (Fsp3) is 0.429. The maximum Gasteiger partial charge on any atom is 0.227 e. The Kier molecular flexibility index (Phi) is 7.01. The van der Waals surface area contributed by atoms with Gasteiger partial charge in [0.05, 0.1) is 35.9 Å². The standard InChI is InChI=1S/C28H36N6O2Si/c1-18-11-23(24(35-6)15-31-18)34-26-30-10-9-22(33-26)19-12-20(14-29)25-21(13-19)28(5,16-32-25)17-36-37(7,8)27(2,3)4/h9-13,15,32H,16-17H2,1-8H3,(H,30,31,33,34)/t28-/m1/s1. The zero-order valence-electron chi connectivity index (χ0n) is 23.0. The smallest absolute Gasteiger partial charge is 0.227 e. The second-order valence-electron chi connectivity index (χ2n) is 11.4. The van der Waals surface area contributed by atoms with Gasteiger partial charge in [0.1, 0.15) is 6.07 Å². The quantitative estimate of drug-likeness (QED) is 0.359. The topological polar surface area (TPSA) is 105 Å². The Morgan fingerprint density at radius 1 is 1.22 bits per heavy atom. The number of fused-ring (bicyclic) bond motifs is 1. The summed E-state index contributed by atoms with van der Waals surface area (Å²) in [7, 11) is -0.333. The van der Waals surface area contributed by atoms with Crippen LogP contribution in [0.4, 0.5) is 17.3 Å². The van der Waals surface area contributed by atoms with E-state index in [1.165, 1.54) is 0 Å². The van der Waals surface area contributed by atoms with Gasteiger partial charge in [-0.1, -0.05) is 27.7 Å². The van der Waals surface area contributed by atoms with Crippen LogP contribution >= 0.6 is 0 Å². The summed E-state index contributed by atoms with van der Waals surface area (Å²) in [5, 5.41) is 16.8. The van der Waals surface area contributed by atoms with E-state index in [1.807, 2.05) is 25.1 Å². The van der Waals surface area contributed by atoms with Crippen molar-refractivity contribution in [3.05, 3.63) is 53.5 Å². The van der Waals surface area contributed by atoms with Crippen molar-refractivity contribution in [2.45, 2.75) is 58.2 Å². The highest BCUT2D eigenvalue weighted by molar-refractivity contribution is 6.74. The number of aryl methyl sites for hydroxylation is 1. The molecule has 1 atom stereocenters. The van der Waals surface area contributed by atoms with Crippen molar-refractivity contribution in [2.24, 2.45) is 0 Å². The van der Waals surface area contributed by atoms with Gasteiger partial charge in [0.2, 0.25) is 5.95 Å². The second-order valence-corrected chi connectivity index (χ2v) is 16.2. The van der Waals surface area contributed by atoms with E-state index in [2.05, 4.69) is 73.5 Å². The predicted octanol–water partition coefficient (Wildman–Crippen LogP) is 6.18. The molecule has 3 aromatic rings. The van der Waals surface area contributed by atoms with Crippen LogP contribution in [0.5, 0.6) is 5.75 Å². The molecule has 4 rings (SSSR count). The molecule has 8 nitrogen and oxygen atoms in total. The van der Waals surface area contributed by atoms with Gasteiger partial charge in [-0.05, 0) is 54.9 Å². The van der Waals surface area contributed by atoms with Gasteiger partial charge in [-0.25, -0.2) is 9.97 Å². The van der Waals surface area contributed by atoms with Gasteiger partial charge in [0.15, 0.2) is 14.1 Å². The first-order valence-corrected chi connectivity index (χ1v) is 15.4. The normalized spacial score (nSPS) is 17.1. The van der Waals surface area contributed by atoms with Gasteiger partial charge >= 0.3 is 0 Å². The van der Waals surface area contributed by atoms with E-state index in [0.29, 0.717) is 30.4 Å². The third-order valence-electron chi connectivity index (χ3n) is 7.54. The second kappa shape index (κ2) is 9.76. The number of hydrogen-bond donors (Lipinski definition) is 2. The summed E-state index contributed by atoms with van der Waals surface area (Å²) >= 11 is 0. The lowest BCUT2D eigenvalue weighted by Crippen LogP contribution is -2.45. The van der Waals surface area contributed by atoms with Gasteiger partial charge in [-0.2, -0.15) is 5.26 Å². The van der Waals surface area contributed by atoms with Crippen molar-refractivity contribution in [3.8, 4) is 23.1 Å². The molecule has 0 unspecified atom stereocenters. The number of pyridine rings is 1. The number of nitrogens with one attached hydrogen (secondary N) is 2. The Bertz CT molecular complexity index is 1360. The predicted molar refractivity (Wildman–Crippen MR) is 150 cm³/mol. The highest BCUT2D eigenvalue weighted by Crippen LogP contribution is 2.44. The zero-order valence-corrected chi connectivity index (χ0v) is 24.0. The minimum Gasteiger partial charge on any atom is -0.493 e.